The van der Waals surface area contributed by atoms with Crippen LogP contribution in [0.4, 0.5) is 13.6 Å². The second-order valence-electron chi connectivity index (χ2n) is 9.07. The number of hydrogen-bond donors (Lipinski definition) is 2. The number of carboxylic acids is 1. The van der Waals surface area contributed by atoms with Gasteiger partial charge >= 0.3 is 18.0 Å². The fourth-order valence-electron chi connectivity index (χ4n) is 4.33. The van der Waals surface area contributed by atoms with Gasteiger partial charge in [-0.05, 0) is 42.5 Å². The smallest absolute Gasteiger partial charge is 0.410 e. The first kappa shape index (κ1) is 27.3. The van der Waals surface area contributed by atoms with Crippen LogP contribution >= 0.6 is 0 Å². The molecule has 1 amide bonds. The SMILES string of the molecule is Cc1ccccc1-c1cccc(C(F)(F)[C@H](O)/C=C/[C@H]2CCOC(=O)N2CCCCCCC(=O)O)c1. The predicted molar refractivity (Wildman–Crippen MR) is 133 cm³/mol. The molecule has 0 unspecified atom stereocenters. The number of aryl methyl sites for hydroxylation is 1. The summed E-state index contributed by atoms with van der Waals surface area (Å²) in [5.74, 6) is -4.36. The second-order valence-corrected chi connectivity index (χ2v) is 9.07. The third-order valence-corrected chi connectivity index (χ3v) is 6.40. The average Bonchev–Trinajstić information content (AvgIpc) is 2.85. The molecule has 1 aliphatic heterocycles. The molecule has 0 bridgehead atoms. The molecule has 6 nitrogen and oxygen atoms in total. The number of aliphatic hydroxyl groups excluding tert-OH is 1. The van der Waals surface area contributed by atoms with Crippen molar-refractivity contribution < 1.29 is 33.3 Å². The molecule has 2 aromatic rings. The third-order valence-electron chi connectivity index (χ3n) is 6.40. The van der Waals surface area contributed by atoms with Gasteiger partial charge in [0, 0.05) is 24.9 Å². The van der Waals surface area contributed by atoms with Crippen LogP contribution in [0, 0.1) is 6.92 Å². The number of cyclic esters (lactones) is 1. The lowest BCUT2D eigenvalue weighted by molar-refractivity contribution is -0.137. The largest absolute Gasteiger partial charge is 0.481 e. The molecule has 2 atom stereocenters. The minimum Gasteiger partial charge on any atom is -0.481 e. The van der Waals surface area contributed by atoms with Crippen molar-refractivity contribution in [2.75, 3.05) is 13.2 Å². The van der Waals surface area contributed by atoms with Crippen LogP contribution in [0.1, 0.15) is 49.7 Å². The summed E-state index contributed by atoms with van der Waals surface area (Å²) in [4.78, 5) is 24.3. The van der Waals surface area contributed by atoms with E-state index in [2.05, 4.69) is 0 Å². The van der Waals surface area contributed by atoms with Crippen LogP contribution in [-0.2, 0) is 15.5 Å². The lowest BCUT2D eigenvalue weighted by Crippen LogP contribution is -2.45. The van der Waals surface area contributed by atoms with Crippen molar-refractivity contribution in [3.63, 3.8) is 0 Å². The van der Waals surface area contributed by atoms with Crippen molar-refractivity contribution in [3.8, 4) is 11.1 Å². The summed E-state index contributed by atoms with van der Waals surface area (Å²) in [6.45, 7) is 2.45. The van der Waals surface area contributed by atoms with E-state index in [1.807, 2.05) is 31.2 Å². The maximum Gasteiger partial charge on any atom is 0.410 e. The molecule has 2 N–H and O–H groups in total. The van der Waals surface area contributed by atoms with Gasteiger partial charge in [-0.3, -0.25) is 4.79 Å². The van der Waals surface area contributed by atoms with Crippen molar-refractivity contribution in [1.82, 2.24) is 4.90 Å². The number of aliphatic carboxylic acids is 1. The van der Waals surface area contributed by atoms with E-state index in [4.69, 9.17) is 9.84 Å². The molecule has 1 heterocycles. The molecule has 3 rings (SSSR count). The first-order chi connectivity index (χ1) is 17.2. The molecule has 1 fully saturated rings. The van der Waals surface area contributed by atoms with Crippen LogP contribution < -0.4 is 0 Å². The van der Waals surface area contributed by atoms with Gasteiger partial charge in [-0.1, -0.05) is 67.5 Å². The number of benzene rings is 2. The van der Waals surface area contributed by atoms with Crippen LogP contribution in [0.2, 0.25) is 0 Å². The molecule has 194 valence electrons. The van der Waals surface area contributed by atoms with Crippen molar-refractivity contribution in [1.29, 1.82) is 0 Å². The first-order valence-corrected chi connectivity index (χ1v) is 12.3. The summed E-state index contributed by atoms with van der Waals surface area (Å²) in [5.41, 5.74) is 2.16. The van der Waals surface area contributed by atoms with Crippen LogP contribution in [0.15, 0.2) is 60.7 Å². The van der Waals surface area contributed by atoms with Crippen LogP contribution in [0.3, 0.4) is 0 Å². The van der Waals surface area contributed by atoms with Crippen LogP contribution in [-0.4, -0.2) is 52.5 Å². The number of alkyl halides is 2. The standard InChI is InChI=1S/C28H33F2NO5/c1-20-9-5-6-12-24(20)21-10-8-11-22(19-21)28(29,30)25(32)15-14-23-16-18-36-27(35)31(23)17-7-3-2-4-13-26(33)34/h5-6,8-12,14-15,19,23,25,32H,2-4,7,13,16-18H2,1H3,(H,33,34)/b15-14+/t23-,25+/m0/s1. The fourth-order valence-corrected chi connectivity index (χ4v) is 4.33. The van der Waals surface area contributed by atoms with Crippen molar-refractivity contribution >= 4 is 12.1 Å². The molecular formula is C28H33F2NO5. The Hall–Kier alpha value is -3.26. The molecule has 1 saturated heterocycles. The molecule has 0 aliphatic carbocycles. The summed E-state index contributed by atoms with van der Waals surface area (Å²) in [6, 6.07) is 13.1. The van der Waals surface area contributed by atoms with Gasteiger partial charge in [-0.15, -0.1) is 0 Å². The van der Waals surface area contributed by atoms with E-state index >= 15 is 8.78 Å². The Morgan fingerprint density at radius 2 is 1.92 bits per heavy atom. The highest BCUT2D eigenvalue weighted by Gasteiger charge is 2.39. The molecule has 8 heteroatoms. The molecule has 0 spiro atoms. The van der Waals surface area contributed by atoms with E-state index in [0.29, 0.717) is 31.4 Å². The van der Waals surface area contributed by atoms with Crippen LogP contribution in [0.5, 0.6) is 0 Å². The van der Waals surface area contributed by atoms with E-state index < -0.39 is 30.1 Å². The Morgan fingerprint density at radius 1 is 1.17 bits per heavy atom. The number of nitrogens with zero attached hydrogens (tertiary/aromatic N) is 1. The Bertz CT molecular complexity index is 1070. The predicted octanol–water partition coefficient (Wildman–Crippen LogP) is 5.92. The van der Waals surface area contributed by atoms with Gasteiger partial charge in [-0.2, -0.15) is 8.78 Å². The summed E-state index contributed by atoms with van der Waals surface area (Å²) in [7, 11) is 0. The van der Waals surface area contributed by atoms with Crippen molar-refractivity contribution in [3.05, 3.63) is 71.8 Å². The number of rotatable bonds is 12. The van der Waals surface area contributed by atoms with Gasteiger partial charge in [0.1, 0.15) is 6.10 Å². The lowest BCUT2D eigenvalue weighted by atomic mass is 9.95. The van der Waals surface area contributed by atoms with E-state index in [1.54, 1.807) is 12.1 Å². The Labute approximate surface area is 210 Å². The highest BCUT2D eigenvalue weighted by atomic mass is 19.3. The molecular weight excluding hydrogens is 468 g/mol. The van der Waals surface area contributed by atoms with Gasteiger partial charge < -0.3 is 19.8 Å². The number of aliphatic hydroxyl groups is 1. The van der Waals surface area contributed by atoms with E-state index in [-0.39, 0.29) is 18.6 Å². The average molecular weight is 502 g/mol. The number of hydrogen-bond acceptors (Lipinski definition) is 4. The van der Waals surface area contributed by atoms with Gasteiger partial charge in [0.05, 0.1) is 12.6 Å². The van der Waals surface area contributed by atoms with E-state index in [1.165, 1.54) is 23.1 Å². The maximum absolute atomic E-state index is 15.2. The van der Waals surface area contributed by atoms with Crippen molar-refractivity contribution in [2.45, 2.75) is 63.5 Å². The highest BCUT2D eigenvalue weighted by Crippen LogP contribution is 2.35. The number of amides is 1. The number of carboxylic acid groups (broad SMARTS) is 1. The quantitative estimate of drug-likeness (QED) is 0.279. The molecule has 0 aromatic heterocycles. The number of carbonyl (C=O) groups is 2. The zero-order valence-electron chi connectivity index (χ0n) is 20.4. The summed E-state index contributed by atoms with van der Waals surface area (Å²) < 4.78 is 35.5. The van der Waals surface area contributed by atoms with E-state index in [0.717, 1.165) is 30.0 Å². The Morgan fingerprint density at radius 3 is 2.67 bits per heavy atom. The van der Waals surface area contributed by atoms with Crippen molar-refractivity contribution in [2.24, 2.45) is 0 Å². The van der Waals surface area contributed by atoms with Gasteiger partial charge in [0.25, 0.3) is 0 Å². The molecule has 0 radical (unpaired) electrons. The number of unbranched alkanes of at least 4 members (excludes halogenated alkanes) is 3. The normalized spacial score (nSPS) is 17.3. The van der Waals surface area contributed by atoms with Gasteiger partial charge in [0.15, 0.2) is 0 Å². The molecule has 1 aliphatic rings. The van der Waals surface area contributed by atoms with E-state index in [9.17, 15) is 14.7 Å². The summed E-state index contributed by atoms with van der Waals surface area (Å²) >= 11 is 0. The van der Waals surface area contributed by atoms with Gasteiger partial charge in [0.2, 0.25) is 0 Å². The minimum atomic E-state index is -3.53. The fraction of sp³-hybridized carbons (Fsp3) is 0.429. The first-order valence-electron chi connectivity index (χ1n) is 12.3. The summed E-state index contributed by atoms with van der Waals surface area (Å²) in [5, 5.41) is 19.1. The maximum atomic E-state index is 15.2. The molecule has 2 aromatic carbocycles. The molecule has 36 heavy (non-hydrogen) atoms. The Balaban J connectivity index is 1.66. The highest BCUT2D eigenvalue weighted by molar-refractivity contribution is 5.69. The minimum absolute atomic E-state index is 0.108. The lowest BCUT2D eigenvalue weighted by Gasteiger charge is -2.33. The second kappa shape index (κ2) is 12.6. The number of halogens is 2. The van der Waals surface area contributed by atoms with Gasteiger partial charge in [-0.25, -0.2) is 4.79 Å². The monoisotopic (exact) mass is 501 g/mol. The number of ether oxygens (including phenoxy) is 1. The molecule has 0 saturated carbocycles. The number of carbonyl (C=O) groups excluding carboxylic acids is 1. The zero-order valence-corrected chi connectivity index (χ0v) is 20.4. The summed E-state index contributed by atoms with van der Waals surface area (Å²) in [6.07, 6.45) is 3.14. The van der Waals surface area contributed by atoms with Crippen LogP contribution in [0.25, 0.3) is 11.1 Å². The zero-order chi connectivity index (χ0) is 26.1. The Kier molecular flexibility index (Phi) is 9.58. The third kappa shape index (κ3) is 7.13. The topological polar surface area (TPSA) is 87.1 Å².